The molecular formula is C28H30N2O5. The lowest BCUT2D eigenvalue weighted by molar-refractivity contribution is -0.155. The Bertz CT molecular complexity index is 1130. The molecule has 182 valence electrons. The Morgan fingerprint density at radius 2 is 1.80 bits per heavy atom. The third kappa shape index (κ3) is 3.99. The number of nitrogens with zero attached hydrogens (tertiary/aromatic N) is 1. The molecule has 2 aromatic rings. The molecule has 3 aliphatic rings. The van der Waals surface area contributed by atoms with E-state index in [1.807, 2.05) is 36.4 Å². The first kappa shape index (κ1) is 23.1. The van der Waals surface area contributed by atoms with E-state index in [9.17, 15) is 19.5 Å². The molecule has 1 unspecified atom stereocenters. The van der Waals surface area contributed by atoms with Crippen LogP contribution in [-0.4, -0.2) is 52.7 Å². The van der Waals surface area contributed by atoms with Gasteiger partial charge in [0.15, 0.2) is 0 Å². The van der Waals surface area contributed by atoms with Gasteiger partial charge in [-0.3, -0.25) is 4.79 Å². The van der Waals surface area contributed by atoms with E-state index >= 15 is 0 Å². The van der Waals surface area contributed by atoms with Gasteiger partial charge >= 0.3 is 12.1 Å². The molecule has 0 aromatic heterocycles. The molecule has 1 heterocycles. The number of amides is 2. The van der Waals surface area contributed by atoms with Gasteiger partial charge in [-0.25, -0.2) is 9.59 Å². The van der Waals surface area contributed by atoms with Crippen LogP contribution in [-0.2, 0) is 14.3 Å². The maximum absolute atomic E-state index is 13.4. The van der Waals surface area contributed by atoms with Crippen LogP contribution in [0.5, 0.6) is 0 Å². The maximum Gasteiger partial charge on any atom is 0.407 e. The zero-order valence-corrected chi connectivity index (χ0v) is 19.6. The van der Waals surface area contributed by atoms with Gasteiger partial charge in [-0.15, -0.1) is 6.58 Å². The number of likely N-dealkylation sites (tertiary alicyclic amines) is 1. The summed E-state index contributed by atoms with van der Waals surface area (Å²) in [5.74, 6) is -1.41. The van der Waals surface area contributed by atoms with E-state index in [2.05, 4.69) is 24.0 Å². The van der Waals surface area contributed by atoms with E-state index in [0.717, 1.165) is 35.1 Å². The summed E-state index contributed by atoms with van der Waals surface area (Å²) in [6.07, 6.45) is 3.91. The van der Waals surface area contributed by atoms with Gasteiger partial charge in [0.05, 0.1) is 0 Å². The molecule has 0 spiro atoms. The molecule has 1 saturated carbocycles. The molecular weight excluding hydrogens is 444 g/mol. The molecule has 35 heavy (non-hydrogen) atoms. The number of fused-ring (bicyclic) bond motifs is 4. The highest BCUT2D eigenvalue weighted by atomic mass is 16.5. The molecule has 2 amide bonds. The number of piperidine rings is 1. The number of hydrogen-bond acceptors (Lipinski definition) is 4. The third-order valence-corrected chi connectivity index (χ3v) is 7.72. The predicted molar refractivity (Wildman–Crippen MR) is 131 cm³/mol. The Morgan fingerprint density at radius 3 is 2.43 bits per heavy atom. The number of benzene rings is 2. The molecule has 2 N–H and O–H groups in total. The first-order valence-corrected chi connectivity index (χ1v) is 12.2. The average Bonchev–Trinajstić information content (AvgIpc) is 3.56. The Labute approximate surface area is 204 Å². The van der Waals surface area contributed by atoms with E-state index in [1.165, 1.54) is 4.90 Å². The number of hydrogen-bond donors (Lipinski definition) is 2. The number of aliphatic carboxylic acids is 1. The summed E-state index contributed by atoms with van der Waals surface area (Å²) in [4.78, 5) is 39.8. The molecule has 5 rings (SSSR count). The quantitative estimate of drug-likeness (QED) is 0.556. The van der Waals surface area contributed by atoms with E-state index < -0.39 is 23.6 Å². The lowest BCUT2D eigenvalue weighted by Gasteiger charge is -2.36. The van der Waals surface area contributed by atoms with E-state index in [4.69, 9.17) is 4.74 Å². The monoisotopic (exact) mass is 474 g/mol. The minimum Gasteiger partial charge on any atom is -0.479 e. The molecule has 3 atom stereocenters. The smallest absolute Gasteiger partial charge is 0.407 e. The Balaban J connectivity index is 1.28. The molecule has 2 aliphatic carbocycles. The summed E-state index contributed by atoms with van der Waals surface area (Å²) in [6.45, 7) is 4.25. The highest BCUT2D eigenvalue weighted by Gasteiger charge is 2.67. The van der Waals surface area contributed by atoms with Crippen molar-refractivity contribution in [1.29, 1.82) is 0 Å². The maximum atomic E-state index is 13.4. The molecule has 2 fully saturated rings. The van der Waals surface area contributed by atoms with Gasteiger partial charge in [0, 0.05) is 12.5 Å². The van der Waals surface area contributed by atoms with Crippen LogP contribution in [0.2, 0.25) is 0 Å². The lowest BCUT2D eigenvalue weighted by atomic mass is 9.98. The van der Waals surface area contributed by atoms with Crippen LogP contribution in [0.15, 0.2) is 61.2 Å². The van der Waals surface area contributed by atoms with Crippen molar-refractivity contribution < 1.29 is 24.2 Å². The second-order valence-electron chi connectivity index (χ2n) is 9.65. The number of carboxylic acid groups (broad SMARTS) is 1. The molecule has 0 radical (unpaired) electrons. The Morgan fingerprint density at radius 1 is 1.14 bits per heavy atom. The number of rotatable bonds is 8. The second-order valence-corrected chi connectivity index (χ2v) is 9.65. The van der Waals surface area contributed by atoms with Gasteiger partial charge in [-0.1, -0.05) is 54.6 Å². The SMILES string of the molecule is C=CCCC(NC(=O)OCC1c2ccccc2-c2ccccc21)C(=O)N1CCC[C@@H]2C[C@@]21C(=O)O. The number of carboxylic acids is 1. The molecule has 7 nitrogen and oxygen atoms in total. The number of nitrogens with one attached hydrogen (secondary N) is 1. The molecule has 1 aliphatic heterocycles. The van der Waals surface area contributed by atoms with Crippen molar-refractivity contribution >= 4 is 18.0 Å². The summed E-state index contributed by atoms with van der Waals surface area (Å²) in [7, 11) is 0. The summed E-state index contributed by atoms with van der Waals surface area (Å²) in [5.41, 5.74) is 3.37. The predicted octanol–water partition coefficient (Wildman–Crippen LogP) is 4.33. The van der Waals surface area contributed by atoms with Gasteiger partial charge in [-0.05, 0) is 60.3 Å². The molecule has 0 bridgehead atoms. The minimum atomic E-state index is -1.12. The van der Waals surface area contributed by atoms with Gasteiger partial charge < -0.3 is 20.1 Å². The lowest BCUT2D eigenvalue weighted by Crippen LogP contribution is -2.57. The normalized spacial score (nSPS) is 22.9. The van der Waals surface area contributed by atoms with Gasteiger partial charge in [-0.2, -0.15) is 0 Å². The van der Waals surface area contributed by atoms with E-state index in [1.54, 1.807) is 6.08 Å². The van der Waals surface area contributed by atoms with Crippen LogP contribution in [0.4, 0.5) is 4.79 Å². The second kappa shape index (κ2) is 9.21. The van der Waals surface area contributed by atoms with Crippen molar-refractivity contribution in [2.24, 2.45) is 5.92 Å². The summed E-state index contributed by atoms with van der Waals surface area (Å²) in [6, 6.07) is 15.3. The topological polar surface area (TPSA) is 95.9 Å². The van der Waals surface area contributed by atoms with Crippen LogP contribution in [0.3, 0.4) is 0 Å². The van der Waals surface area contributed by atoms with Crippen molar-refractivity contribution in [2.75, 3.05) is 13.2 Å². The van der Waals surface area contributed by atoms with Crippen LogP contribution < -0.4 is 5.32 Å². The standard InChI is InChI=1S/C28H30N2O5/c1-2-3-14-24(25(31)30-15-8-9-18-16-28(18,30)26(32)33)29-27(34)35-17-23-21-12-6-4-10-19(21)20-11-5-7-13-22(20)23/h2,4-7,10-13,18,23-24H,1,3,8-9,14-17H2,(H,29,34)(H,32,33)/t18-,24?,28+/m1/s1. The summed E-state index contributed by atoms with van der Waals surface area (Å²) >= 11 is 0. The number of allylic oxidation sites excluding steroid dienone is 1. The fourth-order valence-corrected chi connectivity index (χ4v) is 5.88. The Hall–Kier alpha value is -3.61. The fourth-order valence-electron chi connectivity index (χ4n) is 5.88. The van der Waals surface area contributed by atoms with Crippen LogP contribution in [0.25, 0.3) is 11.1 Å². The highest BCUT2D eigenvalue weighted by Crippen LogP contribution is 2.54. The third-order valence-electron chi connectivity index (χ3n) is 7.72. The minimum absolute atomic E-state index is 0.00721. The first-order chi connectivity index (χ1) is 17.0. The molecule has 1 saturated heterocycles. The average molecular weight is 475 g/mol. The Kier molecular flexibility index (Phi) is 6.09. The van der Waals surface area contributed by atoms with Crippen molar-refractivity contribution in [2.45, 2.75) is 49.6 Å². The summed E-state index contributed by atoms with van der Waals surface area (Å²) in [5, 5.41) is 12.6. The highest BCUT2D eigenvalue weighted by molar-refractivity contribution is 5.94. The number of carbonyl (C=O) groups excluding carboxylic acids is 2. The van der Waals surface area contributed by atoms with E-state index in [0.29, 0.717) is 25.8 Å². The zero-order chi connectivity index (χ0) is 24.6. The largest absolute Gasteiger partial charge is 0.479 e. The molecule has 2 aromatic carbocycles. The first-order valence-electron chi connectivity index (χ1n) is 12.2. The summed E-state index contributed by atoms with van der Waals surface area (Å²) < 4.78 is 5.63. The van der Waals surface area contributed by atoms with Gasteiger partial charge in [0.25, 0.3) is 0 Å². The number of alkyl carbamates (subject to hydrolysis) is 1. The van der Waals surface area contributed by atoms with Crippen LogP contribution in [0.1, 0.15) is 49.1 Å². The van der Waals surface area contributed by atoms with Crippen molar-refractivity contribution in [3.8, 4) is 11.1 Å². The van der Waals surface area contributed by atoms with Crippen molar-refractivity contribution in [1.82, 2.24) is 10.2 Å². The fraction of sp³-hybridized carbons (Fsp3) is 0.393. The van der Waals surface area contributed by atoms with Gasteiger partial charge in [0.1, 0.15) is 18.2 Å². The number of ether oxygens (including phenoxy) is 1. The zero-order valence-electron chi connectivity index (χ0n) is 19.6. The van der Waals surface area contributed by atoms with Crippen molar-refractivity contribution in [3.63, 3.8) is 0 Å². The van der Waals surface area contributed by atoms with Gasteiger partial charge in [0.2, 0.25) is 5.91 Å². The van der Waals surface area contributed by atoms with Crippen molar-refractivity contribution in [3.05, 3.63) is 72.3 Å². The van der Waals surface area contributed by atoms with Crippen LogP contribution in [0, 0.1) is 5.92 Å². The van der Waals surface area contributed by atoms with E-state index in [-0.39, 0.29) is 24.3 Å². The molecule has 7 heteroatoms. The number of carbonyl (C=O) groups is 3. The van der Waals surface area contributed by atoms with Crippen LogP contribution >= 0.6 is 0 Å².